The summed E-state index contributed by atoms with van der Waals surface area (Å²) in [7, 11) is 0. The lowest BCUT2D eigenvalue weighted by Crippen LogP contribution is -2.19. The summed E-state index contributed by atoms with van der Waals surface area (Å²) in [5, 5.41) is 0. The molecule has 298 valence electrons. The first-order chi connectivity index (χ1) is 30.0. The maximum atomic E-state index is 2.46. The highest BCUT2D eigenvalue weighted by atomic mass is 15.1. The molecule has 3 atom stereocenters. The van der Waals surface area contributed by atoms with Crippen molar-refractivity contribution in [3.05, 3.63) is 211 Å². The number of anilines is 3. The molecule has 3 unspecified atom stereocenters. The van der Waals surface area contributed by atoms with Gasteiger partial charge in [-0.2, -0.15) is 0 Å². The van der Waals surface area contributed by atoms with E-state index in [-0.39, 0.29) is 5.41 Å². The molecule has 4 aliphatic rings. The fourth-order valence-corrected chi connectivity index (χ4v) is 11.4. The van der Waals surface area contributed by atoms with Crippen LogP contribution in [0.2, 0.25) is 0 Å². The first-order valence-corrected chi connectivity index (χ1v) is 22.6. The van der Waals surface area contributed by atoms with Crippen LogP contribution in [0.5, 0.6) is 0 Å². The van der Waals surface area contributed by atoms with Crippen molar-refractivity contribution in [2.75, 3.05) is 4.90 Å². The number of rotatable bonds is 8. The lowest BCUT2D eigenvalue weighted by molar-refractivity contribution is 0.264. The fourth-order valence-electron chi connectivity index (χ4n) is 11.4. The molecule has 0 aromatic heterocycles. The molecule has 0 heterocycles. The number of nitrogens with zero attached hydrogens (tertiary/aromatic N) is 1. The van der Waals surface area contributed by atoms with Crippen molar-refractivity contribution in [3.63, 3.8) is 0 Å². The zero-order valence-electron chi connectivity index (χ0n) is 35.4. The molecule has 3 saturated carbocycles. The second-order valence-electron chi connectivity index (χ2n) is 18.4. The fraction of sp³-hybridized carbons (Fsp3) is 0.200. The van der Waals surface area contributed by atoms with Crippen LogP contribution in [0.3, 0.4) is 0 Å². The minimum absolute atomic E-state index is 0.104. The Labute approximate surface area is 362 Å². The Balaban J connectivity index is 1.01. The molecule has 1 nitrogen and oxygen atoms in total. The summed E-state index contributed by atoms with van der Waals surface area (Å²) in [6, 6.07) is 72.5. The number of hydrogen-bond acceptors (Lipinski definition) is 1. The quantitative estimate of drug-likeness (QED) is 0.148. The van der Waals surface area contributed by atoms with Gasteiger partial charge in [0.2, 0.25) is 0 Å². The van der Waals surface area contributed by atoms with Gasteiger partial charge in [-0.15, -0.1) is 0 Å². The van der Waals surface area contributed by atoms with Gasteiger partial charge in [-0.25, -0.2) is 0 Å². The van der Waals surface area contributed by atoms with E-state index in [0.29, 0.717) is 0 Å². The van der Waals surface area contributed by atoms with E-state index in [9.17, 15) is 0 Å². The van der Waals surface area contributed by atoms with E-state index in [1.807, 2.05) is 0 Å². The molecule has 8 aromatic carbocycles. The molecule has 0 aliphatic heterocycles. The summed E-state index contributed by atoms with van der Waals surface area (Å²) in [6.45, 7) is 4.75. The Hall–Kier alpha value is -6.44. The van der Waals surface area contributed by atoms with Gasteiger partial charge < -0.3 is 4.90 Å². The van der Waals surface area contributed by atoms with Gasteiger partial charge in [-0.1, -0.05) is 191 Å². The van der Waals surface area contributed by atoms with Gasteiger partial charge in [0.05, 0.1) is 0 Å². The first-order valence-electron chi connectivity index (χ1n) is 22.6. The second kappa shape index (κ2) is 15.5. The minimum Gasteiger partial charge on any atom is -0.310 e. The van der Waals surface area contributed by atoms with Crippen LogP contribution in [-0.4, -0.2) is 0 Å². The van der Waals surface area contributed by atoms with Crippen LogP contribution in [0.1, 0.15) is 75.0 Å². The predicted octanol–water partition coefficient (Wildman–Crippen LogP) is 16.8. The Morgan fingerprint density at radius 2 is 1.00 bits per heavy atom. The molecule has 0 spiro atoms. The lowest BCUT2D eigenvalue weighted by atomic mass is 9.72. The van der Waals surface area contributed by atoms with Crippen molar-refractivity contribution in [1.82, 2.24) is 0 Å². The predicted molar refractivity (Wildman–Crippen MR) is 258 cm³/mol. The van der Waals surface area contributed by atoms with E-state index in [4.69, 9.17) is 0 Å². The van der Waals surface area contributed by atoms with E-state index in [2.05, 4.69) is 213 Å². The highest BCUT2D eigenvalue weighted by molar-refractivity contribution is 5.95. The number of hydrogen-bond donors (Lipinski definition) is 0. The highest BCUT2D eigenvalue weighted by Crippen LogP contribution is 2.52. The molecule has 8 aromatic rings. The molecule has 0 saturated heterocycles. The van der Waals surface area contributed by atoms with E-state index >= 15 is 0 Å². The molecule has 3 fully saturated rings. The van der Waals surface area contributed by atoms with E-state index in [1.54, 1.807) is 5.56 Å². The highest BCUT2D eigenvalue weighted by Gasteiger charge is 2.36. The molecular formula is C60H53N. The summed E-state index contributed by atoms with van der Waals surface area (Å²) >= 11 is 0. The second-order valence-corrected chi connectivity index (χ2v) is 18.4. The van der Waals surface area contributed by atoms with Gasteiger partial charge in [0, 0.05) is 22.5 Å². The zero-order chi connectivity index (χ0) is 40.9. The molecule has 4 aliphatic carbocycles. The van der Waals surface area contributed by atoms with Crippen molar-refractivity contribution >= 4 is 17.1 Å². The summed E-state index contributed by atoms with van der Waals surface area (Å²) in [4.78, 5) is 2.46. The standard InChI is InChI=1S/C60H53N/c1-60(2)57-25-10-9-22-54(57)55-37-36-51(40-58(55)60)61(50-21-12-20-48(39-50)42-28-30-46(31-29-42)56-38-41-14-11-19-45(56)27-26-41)49-34-32-47(33-35-49)59-52(43-15-5-3-6-16-43)23-13-24-53(59)44-17-7-4-8-18-44/h3-10,12-13,15-18,20-25,28-37,39-41,45,56H,11,14,19,26-27,38H2,1-2H3. The zero-order valence-corrected chi connectivity index (χ0v) is 35.4. The maximum absolute atomic E-state index is 2.46. The number of fused-ring (bicyclic) bond motifs is 7. The molecule has 12 rings (SSSR count). The van der Waals surface area contributed by atoms with Crippen molar-refractivity contribution in [3.8, 4) is 55.6 Å². The molecule has 0 radical (unpaired) electrons. The Bertz CT molecular complexity index is 2770. The molecule has 61 heavy (non-hydrogen) atoms. The Morgan fingerprint density at radius 3 is 1.74 bits per heavy atom. The smallest absolute Gasteiger partial charge is 0.0467 e. The molecule has 0 N–H and O–H groups in total. The summed E-state index contributed by atoms with van der Waals surface area (Å²) in [5.41, 5.74) is 20.2. The van der Waals surface area contributed by atoms with Crippen molar-refractivity contribution in [2.24, 2.45) is 11.8 Å². The van der Waals surface area contributed by atoms with Crippen molar-refractivity contribution < 1.29 is 0 Å². The van der Waals surface area contributed by atoms with Crippen molar-refractivity contribution in [1.29, 1.82) is 0 Å². The third kappa shape index (κ3) is 6.81. The van der Waals surface area contributed by atoms with Crippen LogP contribution < -0.4 is 4.90 Å². The average molecular weight is 788 g/mol. The monoisotopic (exact) mass is 787 g/mol. The lowest BCUT2D eigenvalue weighted by Gasteiger charge is -2.33. The summed E-state index contributed by atoms with van der Waals surface area (Å²) in [5.74, 6) is 2.50. The van der Waals surface area contributed by atoms with Crippen LogP contribution in [-0.2, 0) is 5.41 Å². The van der Waals surface area contributed by atoms with Gasteiger partial charge in [0.1, 0.15) is 0 Å². The molecule has 0 amide bonds. The van der Waals surface area contributed by atoms with E-state index in [0.717, 1.165) is 34.8 Å². The Morgan fingerprint density at radius 1 is 0.410 bits per heavy atom. The molecule has 1 heteroatoms. The van der Waals surface area contributed by atoms with Crippen LogP contribution >= 0.6 is 0 Å². The largest absolute Gasteiger partial charge is 0.310 e. The third-order valence-corrected chi connectivity index (χ3v) is 14.5. The minimum atomic E-state index is -0.104. The average Bonchev–Trinajstić information content (AvgIpc) is 3.54. The van der Waals surface area contributed by atoms with Gasteiger partial charge in [0.15, 0.2) is 0 Å². The van der Waals surface area contributed by atoms with Crippen LogP contribution in [0.25, 0.3) is 55.6 Å². The number of benzene rings is 8. The Kier molecular flexibility index (Phi) is 9.57. The molecule has 2 bridgehead atoms. The first kappa shape index (κ1) is 37.6. The maximum Gasteiger partial charge on any atom is 0.0467 e. The normalized spacial score (nSPS) is 18.6. The van der Waals surface area contributed by atoms with E-state index < -0.39 is 0 Å². The van der Waals surface area contributed by atoms with Gasteiger partial charge >= 0.3 is 0 Å². The topological polar surface area (TPSA) is 3.24 Å². The van der Waals surface area contributed by atoms with Crippen LogP contribution in [0, 0.1) is 11.8 Å². The summed E-state index contributed by atoms with van der Waals surface area (Å²) < 4.78 is 0. The molecular weight excluding hydrogens is 735 g/mol. The summed E-state index contributed by atoms with van der Waals surface area (Å²) in [6.07, 6.45) is 8.48. The van der Waals surface area contributed by atoms with E-state index in [1.165, 1.54) is 105 Å². The SMILES string of the molecule is CC1(C)c2ccccc2-c2ccc(N(c3ccc(-c4c(-c5ccccc5)cccc4-c4ccccc4)cc3)c3cccc(-c4ccc(C5CC6CCCC5CC6)cc4)c3)cc21. The third-order valence-electron chi connectivity index (χ3n) is 14.5. The van der Waals surface area contributed by atoms with Gasteiger partial charge in [0.25, 0.3) is 0 Å². The van der Waals surface area contributed by atoms with Crippen LogP contribution in [0.4, 0.5) is 17.1 Å². The van der Waals surface area contributed by atoms with Crippen molar-refractivity contribution in [2.45, 2.75) is 63.7 Å². The van der Waals surface area contributed by atoms with Crippen LogP contribution in [0.15, 0.2) is 194 Å². The van der Waals surface area contributed by atoms with Gasteiger partial charge in [-0.3, -0.25) is 0 Å². The van der Waals surface area contributed by atoms with Gasteiger partial charge in [-0.05, 0) is 146 Å².